The number of hydrogen-bond donors (Lipinski definition) is 0. The first-order chi connectivity index (χ1) is 14.7. The van der Waals surface area contributed by atoms with Gasteiger partial charge >= 0.3 is 0 Å². The molecule has 0 aliphatic carbocycles. The maximum atomic E-state index is 5.71. The van der Waals surface area contributed by atoms with Crippen LogP contribution < -0.4 is 14.2 Å². The van der Waals surface area contributed by atoms with Crippen molar-refractivity contribution in [3.8, 4) is 27.9 Å². The van der Waals surface area contributed by atoms with Crippen LogP contribution in [0, 0.1) is 0 Å². The highest BCUT2D eigenvalue weighted by molar-refractivity contribution is 7.13. The number of benzene rings is 1. The van der Waals surface area contributed by atoms with Crippen molar-refractivity contribution in [2.45, 2.75) is 38.3 Å². The third-order valence-electron chi connectivity index (χ3n) is 5.66. The van der Waals surface area contributed by atoms with Gasteiger partial charge in [0.15, 0.2) is 17.3 Å². The fraction of sp³-hybridized carbons (Fsp3) is 0.435. The molecule has 0 amide bonds. The van der Waals surface area contributed by atoms with Crippen LogP contribution in [0.15, 0.2) is 40.2 Å². The quantitative estimate of drug-likeness (QED) is 0.492. The van der Waals surface area contributed by atoms with Crippen molar-refractivity contribution < 1.29 is 18.7 Å². The van der Waals surface area contributed by atoms with E-state index in [9.17, 15) is 0 Å². The van der Waals surface area contributed by atoms with Crippen LogP contribution in [0.5, 0.6) is 17.2 Å². The van der Waals surface area contributed by atoms with E-state index in [0.29, 0.717) is 11.5 Å². The summed E-state index contributed by atoms with van der Waals surface area (Å²) in [5.41, 5.74) is 2.07. The topological polar surface area (TPSA) is 57.0 Å². The molecule has 0 radical (unpaired) electrons. The largest absolute Gasteiger partial charge is 0.493 e. The van der Waals surface area contributed by atoms with Crippen molar-refractivity contribution in [2.75, 3.05) is 27.9 Å². The lowest BCUT2D eigenvalue weighted by Gasteiger charge is -2.29. The fourth-order valence-corrected chi connectivity index (χ4v) is 4.85. The lowest BCUT2D eigenvalue weighted by molar-refractivity contribution is 0.181. The molecule has 3 aromatic rings. The highest BCUT2D eigenvalue weighted by atomic mass is 32.1. The lowest BCUT2D eigenvalue weighted by atomic mass is 10.0. The highest BCUT2D eigenvalue weighted by Crippen LogP contribution is 2.42. The molecule has 0 unspecified atom stereocenters. The smallest absolute Gasteiger partial charge is 0.203 e. The summed E-state index contributed by atoms with van der Waals surface area (Å²) >= 11 is 1.67. The molecular formula is C23H28N2O4S. The van der Waals surface area contributed by atoms with Gasteiger partial charge in [0.1, 0.15) is 5.69 Å². The lowest BCUT2D eigenvalue weighted by Crippen LogP contribution is -2.28. The van der Waals surface area contributed by atoms with Crippen LogP contribution in [0.25, 0.3) is 10.6 Å². The van der Waals surface area contributed by atoms with Gasteiger partial charge in [0.2, 0.25) is 5.75 Å². The van der Waals surface area contributed by atoms with Crippen molar-refractivity contribution in [1.82, 2.24) is 10.1 Å². The Labute approximate surface area is 181 Å². The van der Waals surface area contributed by atoms with Gasteiger partial charge < -0.3 is 18.7 Å². The monoisotopic (exact) mass is 428 g/mol. The first kappa shape index (κ1) is 20.8. The van der Waals surface area contributed by atoms with Crippen LogP contribution in [0.3, 0.4) is 0 Å². The van der Waals surface area contributed by atoms with E-state index in [1.807, 2.05) is 12.1 Å². The van der Waals surface area contributed by atoms with Gasteiger partial charge in [0, 0.05) is 18.2 Å². The molecule has 1 aliphatic heterocycles. The molecule has 1 aliphatic rings. The van der Waals surface area contributed by atoms with Gasteiger partial charge in [-0.05, 0) is 36.9 Å². The molecule has 0 N–H and O–H groups in total. The molecule has 0 bridgehead atoms. The van der Waals surface area contributed by atoms with Gasteiger partial charge in [-0.25, -0.2) is 0 Å². The van der Waals surface area contributed by atoms with E-state index in [1.165, 1.54) is 19.3 Å². The Bertz CT molecular complexity index is 954. The van der Waals surface area contributed by atoms with Crippen LogP contribution >= 0.6 is 11.3 Å². The summed E-state index contributed by atoms with van der Waals surface area (Å²) in [4.78, 5) is 3.59. The SMILES string of the molecule is COc1ccc(CN2CCCCC[C@H]2c2cc(-c3cccs3)on2)c(OC)c1OC. The van der Waals surface area contributed by atoms with Crippen molar-refractivity contribution in [2.24, 2.45) is 0 Å². The molecule has 2 aromatic heterocycles. The standard InChI is InChI=1S/C23H28N2O4S/c1-26-19-11-10-16(22(27-2)23(19)28-3)15-25-12-6-4-5-8-18(25)17-14-20(29-24-17)21-9-7-13-30-21/h7,9-11,13-14,18H,4-6,8,12,15H2,1-3H3/t18-/m0/s1. The molecule has 1 aromatic carbocycles. The number of thiophene rings is 1. The molecule has 4 rings (SSSR count). The average Bonchev–Trinajstić information content (AvgIpc) is 3.42. The van der Waals surface area contributed by atoms with E-state index in [1.54, 1.807) is 32.7 Å². The Morgan fingerprint density at radius 3 is 2.67 bits per heavy atom. The van der Waals surface area contributed by atoms with E-state index in [0.717, 1.165) is 47.2 Å². The number of hydrogen-bond acceptors (Lipinski definition) is 7. The number of likely N-dealkylation sites (tertiary alicyclic amines) is 1. The van der Waals surface area contributed by atoms with E-state index >= 15 is 0 Å². The number of aromatic nitrogens is 1. The summed E-state index contributed by atoms with van der Waals surface area (Å²) in [6.07, 6.45) is 4.64. The normalized spacial score (nSPS) is 17.5. The van der Waals surface area contributed by atoms with Gasteiger partial charge in [-0.1, -0.05) is 30.1 Å². The van der Waals surface area contributed by atoms with Gasteiger partial charge in [-0.3, -0.25) is 4.90 Å². The fourth-order valence-electron chi connectivity index (χ4n) is 4.18. The molecule has 0 spiro atoms. The zero-order valence-corrected chi connectivity index (χ0v) is 18.5. The predicted molar refractivity (Wildman–Crippen MR) is 118 cm³/mol. The average molecular weight is 429 g/mol. The second-order valence-electron chi connectivity index (χ2n) is 7.42. The zero-order valence-electron chi connectivity index (χ0n) is 17.7. The van der Waals surface area contributed by atoms with E-state index in [-0.39, 0.29) is 6.04 Å². The molecule has 7 heteroatoms. The van der Waals surface area contributed by atoms with Crippen LogP contribution in [0.4, 0.5) is 0 Å². The Morgan fingerprint density at radius 1 is 1.07 bits per heavy atom. The molecule has 0 saturated carbocycles. The summed E-state index contributed by atoms with van der Waals surface area (Å²) in [5.74, 6) is 2.86. The molecule has 1 saturated heterocycles. The van der Waals surface area contributed by atoms with E-state index in [4.69, 9.17) is 18.7 Å². The van der Waals surface area contributed by atoms with Gasteiger partial charge in [0.05, 0.1) is 32.2 Å². The molecule has 160 valence electrons. The van der Waals surface area contributed by atoms with Crippen molar-refractivity contribution in [1.29, 1.82) is 0 Å². The second kappa shape index (κ2) is 9.53. The summed E-state index contributed by atoms with van der Waals surface area (Å²) in [7, 11) is 4.95. The first-order valence-electron chi connectivity index (χ1n) is 10.3. The molecule has 30 heavy (non-hydrogen) atoms. The van der Waals surface area contributed by atoms with Crippen molar-refractivity contribution >= 4 is 11.3 Å². The maximum absolute atomic E-state index is 5.71. The molecule has 1 atom stereocenters. The minimum absolute atomic E-state index is 0.211. The third kappa shape index (κ3) is 4.18. The minimum atomic E-state index is 0.211. The number of methoxy groups -OCH3 is 3. The summed E-state index contributed by atoms with van der Waals surface area (Å²) < 4.78 is 22.4. The van der Waals surface area contributed by atoms with Crippen LogP contribution in [-0.2, 0) is 6.54 Å². The predicted octanol–water partition coefficient (Wildman–Crippen LogP) is 5.55. The maximum Gasteiger partial charge on any atom is 0.203 e. The van der Waals surface area contributed by atoms with Crippen molar-refractivity contribution in [3.05, 3.63) is 47.0 Å². The van der Waals surface area contributed by atoms with Gasteiger partial charge in [-0.15, -0.1) is 11.3 Å². The summed E-state index contributed by atoms with van der Waals surface area (Å²) in [5, 5.41) is 6.50. The Morgan fingerprint density at radius 2 is 1.93 bits per heavy atom. The summed E-state index contributed by atoms with van der Waals surface area (Å²) in [6, 6.07) is 10.4. The number of rotatable bonds is 7. The van der Waals surface area contributed by atoms with Crippen LogP contribution in [-0.4, -0.2) is 37.9 Å². The second-order valence-corrected chi connectivity index (χ2v) is 8.37. The minimum Gasteiger partial charge on any atom is -0.493 e. The number of nitrogens with zero attached hydrogens (tertiary/aromatic N) is 2. The Hall–Kier alpha value is -2.51. The van der Waals surface area contributed by atoms with Crippen LogP contribution in [0.1, 0.15) is 43.0 Å². The number of ether oxygens (including phenoxy) is 3. The molecule has 6 nitrogen and oxygen atoms in total. The third-order valence-corrected chi connectivity index (χ3v) is 6.54. The Balaban J connectivity index is 1.63. The molecule has 1 fully saturated rings. The zero-order chi connectivity index (χ0) is 20.9. The van der Waals surface area contributed by atoms with Crippen LogP contribution in [0.2, 0.25) is 0 Å². The van der Waals surface area contributed by atoms with E-state index < -0.39 is 0 Å². The summed E-state index contributed by atoms with van der Waals surface area (Å²) in [6.45, 7) is 1.75. The van der Waals surface area contributed by atoms with E-state index in [2.05, 4.69) is 33.6 Å². The van der Waals surface area contributed by atoms with Gasteiger partial charge in [-0.2, -0.15) is 0 Å². The Kier molecular flexibility index (Phi) is 6.59. The molecular weight excluding hydrogens is 400 g/mol. The highest BCUT2D eigenvalue weighted by Gasteiger charge is 2.28. The molecule has 3 heterocycles. The first-order valence-corrected chi connectivity index (χ1v) is 11.2. The van der Waals surface area contributed by atoms with Gasteiger partial charge in [0.25, 0.3) is 0 Å². The van der Waals surface area contributed by atoms with Crippen molar-refractivity contribution in [3.63, 3.8) is 0 Å².